The molecule has 0 aliphatic heterocycles. The van der Waals surface area contributed by atoms with Gasteiger partial charge in [0.25, 0.3) is 0 Å². The summed E-state index contributed by atoms with van der Waals surface area (Å²) in [5.74, 6) is -1.91. The first kappa shape index (κ1) is 14.7. The normalized spacial score (nSPS) is 10.2. The molecule has 21 heavy (non-hydrogen) atoms. The van der Waals surface area contributed by atoms with E-state index in [1.165, 1.54) is 18.2 Å². The molecule has 0 atom stereocenters. The number of halogens is 1. The molecule has 0 fully saturated rings. The Morgan fingerprint density at radius 3 is 2.57 bits per heavy atom. The Labute approximate surface area is 121 Å². The first-order valence-corrected chi connectivity index (χ1v) is 6.34. The van der Waals surface area contributed by atoms with Gasteiger partial charge in [0, 0.05) is 5.69 Å². The van der Waals surface area contributed by atoms with Crippen LogP contribution in [0.3, 0.4) is 0 Å². The fraction of sp³-hybridized carbons (Fsp3) is 0.125. The van der Waals surface area contributed by atoms with E-state index in [1.54, 1.807) is 31.2 Å². The van der Waals surface area contributed by atoms with E-state index in [0.717, 1.165) is 0 Å². The van der Waals surface area contributed by atoms with Gasteiger partial charge in [0.1, 0.15) is 5.82 Å². The summed E-state index contributed by atoms with van der Waals surface area (Å²) in [4.78, 5) is 23.0. The largest absolute Gasteiger partial charge is 0.478 e. The number of hydrogen-bond donors (Lipinski definition) is 2. The number of carbonyl (C=O) groups is 2. The third kappa shape index (κ3) is 3.89. The molecule has 0 bridgehead atoms. The fourth-order valence-corrected chi connectivity index (χ4v) is 2.07. The number of carboxylic acid groups (broad SMARTS) is 1. The second-order valence-corrected chi connectivity index (χ2v) is 4.70. The number of hydrogen-bond acceptors (Lipinski definition) is 2. The molecule has 108 valence electrons. The fourth-order valence-electron chi connectivity index (χ4n) is 2.07. The van der Waals surface area contributed by atoms with Crippen LogP contribution in [0.25, 0.3) is 0 Å². The van der Waals surface area contributed by atoms with Crippen molar-refractivity contribution in [3.8, 4) is 0 Å². The lowest BCUT2D eigenvalue weighted by Crippen LogP contribution is -2.16. The maximum atomic E-state index is 13.2. The Morgan fingerprint density at radius 2 is 1.90 bits per heavy atom. The van der Waals surface area contributed by atoms with Crippen molar-refractivity contribution in [3.63, 3.8) is 0 Å². The molecule has 0 unspecified atom stereocenters. The van der Waals surface area contributed by atoms with E-state index in [2.05, 4.69) is 5.32 Å². The summed E-state index contributed by atoms with van der Waals surface area (Å²) < 4.78 is 13.2. The summed E-state index contributed by atoms with van der Waals surface area (Å²) in [7, 11) is 0. The molecule has 0 heterocycles. The zero-order valence-corrected chi connectivity index (χ0v) is 11.4. The van der Waals surface area contributed by atoms with Crippen molar-refractivity contribution >= 4 is 17.6 Å². The van der Waals surface area contributed by atoms with Gasteiger partial charge in [-0.25, -0.2) is 9.18 Å². The van der Waals surface area contributed by atoms with Gasteiger partial charge >= 0.3 is 5.97 Å². The van der Waals surface area contributed by atoms with E-state index in [0.29, 0.717) is 16.8 Å². The van der Waals surface area contributed by atoms with Crippen molar-refractivity contribution in [1.82, 2.24) is 0 Å². The van der Waals surface area contributed by atoms with Crippen molar-refractivity contribution in [2.75, 3.05) is 5.32 Å². The van der Waals surface area contributed by atoms with Gasteiger partial charge in [-0.05, 0) is 42.3 Å². The number of nitrogens with one attached hydrogen (secondary N) is 1. The van der Waals surface area contributed by atoms with Crippen molar-refractivity contribution in [3.05, 3.63) is 65.0 Å². The van der Waals surface area contributed by atoms with Crippen LogP contribution < -0.4 is 5.32 Å². The molecule has 2 rings (SSSR count). The zero-order chi connectivity index (χ0) is 15.4. The molecule has 0 aromatic heterocycles. The van der Waals surface area contributed by atoms with E-state index in [4.69, 9.17) is 5.11 Å². The Kier molecular flexibility index (Phi) is 4.33. The van der Waals surface area contributed by atoms with Crippen molar-refractivity contribution < 1.29 is 19.1 Å². The molecule has 2 aromatic carbocycles. The van der Waals surface area contributed by atoms with Gasteiger partial charge in [-0.3, -0.25) is 4.79 Å². The highest BCUT2D eigenvalue weighted by molar-refractivity contribution is 5.96. The third-order valence-electron chi connectivity index (χ3n) is 2.92. The molecule has 0 saturated carbocycles. The van der Waals surface area contributed by atoms with Crippen molar-refractivity contribution in [2.24, 2.45) is 0 Å². The van der Waals surface area contributed by atoms with Gasteiger partial charge in [-0.15, -0.1) is 0 Å². The highest BCUT2D eigenvalue weighted by Gasteiger charge is 2.12. The van der Waals surface area contributed by atoms with E-state index in [1.807, 2.05) is 0 Å². The predicted octanol–water partition coefficient (Wildman–Crippen LogP) is 3.01. The smallest absolute Gasteiger partial charge is 0.335 e. The Balaban J connectivity index is 2.14. The second-order valence-electron chi connectivity index (χ2n) is 4.70. The minimum absolute atomic E-state index is 0.0853. The van der Waals surface area contributed by atoms with Gasteiger partial charge in [0.05, 0.1) is 12.0 Å². The number of amides is 1. The number of carboxylic acids is 1. The molecule has 0 radical (unpaired) electrons. The molecular weight excluding hydrogens is 273 g/mol. The lowest BCUT2D eigenvalue weighted by Gasteiger charge is -2.08. The topological polar surface area (TPSA) is 66.4 Å². The van der Waals surface area contributed by atoms with Crippen molar-refractivity contribution in [1.29, 1.82) is 0 Å². The molecule has 0 saturated heterocycles. The number of aryl methyl sites for hydroxylation is 1. The average Bonchev–Trinajstić information content (AvgIpc) is 2.37. The summed E-state index contributed by atoms with van der Waals surface area (Å²) in [5.41, 5.74) is 1.54. The molecule has 2 aromatic rings. The zero-order valence-electron chi connectivity index (χ0n) is 11.4. The second kappa shape index (κ2) is 6.17. The van der Waals surface area contributed by atoms with Crippen molar-refractivity contribution in [2.45, 2.75) is 13.3 Å². The maximum absolute atomic E-state index is 13.2. The molecule has 0 spiro atoms. The minimum atomic E-state index is -1.08. The lowest BCUT2D eigenvalue weighted by molar-refractivity contribution is -0.115. The summed E-state index contributed by atoms with van der Waals surface area (Å²) in [5, 5.41) is 11.6. The lowest BCUT2D eigenvalue weighted by atomic mass is 10.0. The van der Waals surface area contributed by atoms with Crippen LogP contribution in [-0.4, -0.2) is 17.0 Å². The first-order chi connectivity index (χ1) is 9.95. The van der Waals surface area contributed by atoms with E-state index in [-0.39, 0.29) is 12.0 Å². The Bertz CT molecular complexity index is 677. The minimum Gasteiger partial charge on any atom is -0.478 e. The number of aromatic carboxylic acids is 1. The van der Waals surface area contributed by atoms with Crippen LogP contribution in [0.15, 0.2) is 42.5 Å². The van der Waals surface area contributed by atoms with E-state index < -0.39 is 17.7 Å². The molecule has 0 aliphatic rings. The van der Waals surface area contributed by atoms with Crippen LogP contribution in [0.4, 0.5) is 10.1 Å². The Morgan fingerprint density at radius 1 is 1.19 bits per heavy atom. The van der Waals surface area contributed by atoms with Gasteiger partial charge in [-0.2, -0.15) is 0 Å². The monoisotopic (exact) mass is 287 g/mol. The SMILES string of the molecule is Cc1cc(F)cc(NC(=O)Cc2ccccc2C(=O)O)c1. The van der Waals surface area contributed by atoms with Crippen LogP contribution in [0.1, 0.15) is 21.5 Å². The molecule has 1 amide bonds. The molecule has 4 nitrogen and oxygen atoms in total. The highest BCUT2D eigenvalue weighted by Crippen LogP contribution is 2.15. The number of benzene rings is 2. The summed E-state index contributed by atoms with van der Waals surface area (Å²) in [6.07, 6.45) is -0.0853. The summed E-state index contributed by atoms with van der Waals surface area (Å²) >= 11 is 0. The van der Waals surface area contributed by atoms with Crippen LogP contribution >= 0.6 is 0 Å². The van der Waals surface area contributed by atoms with Gasteiger partial charge in [-0.1, -0.05) is 18.2 Å². The van der Waals surface area contributed by atoms with Crippen LogP contribution in [-0.2, 0) is 11.2 Å². The quantitative estimate of drug-likeness (QED) is 0.908. The van der Waals surface area contributed by atoms with Crippen LogP contribution in [0.2, 0.25) is 0 Å². The molecule has 5 heteroatoms. The molecule has 0 aliphatic carbocycles. The maximum Gasteiger partial charge on any atom is 0.335 e. The molecule has 2 N–H and O–H groups in total. The van der Waals surface area contributed by atoms with E-state index in [9.17, 15) is 14.0 Å². The van der Waals surface area contributed by atoms with Crippen LogP contribution in [0.5, 0.6) is 0 Å². The van der Waals surface area contributed by atoms with Gasteiger partial charge in [0.15, 0.2) is 0 Å². The number of rotatable bonds is 4. The molecular formula is C16H14FNO3. The predicted molar refractivity (Wildman–Crippen MR) is 76.9 cm³/mol. The summed E-state index contributed by atoms with van der Waals surface area (Å²) in [6, 6.07) is 10.5. The van der Waals surface area contributed by atoms with Crippen LogP contribution in [0, 0.1) is 12.7 Å². The standard InChI is InChI=1S/C16H14FNO3/c1-10-6-12(17)9-13(7-10)18-15(19)8-11-4-2-3-5-14(11)16(20)21/h2-7,9H,8H2,1H3,(H,18,19)(H,20,21). The van der Waals surface area contributed by atoms with E-state index >= 15 is 0 Å². The Hall–Kier alpha value is -2.69. The number of anilines is 1. The highest BCUT2D eigenvalue weighted by atomic mass is 19.1. The first-order valence-electron chi connectivity index (χ1n) is 6.34. The third-order valence-corrected chi connectivity index (χ3v) is 2.92. The average molecular weight is 287 g/mol. The van der Waals surface area contributed by atoms with Gasteiger partial charge in [0.2, 0.25) is 5.91 Å². The van der Waals surface area contributed by atoms with Gasteiger partial charge < -0.3 is 10.4 Å². The number of carbonyl (C=O) groups excluding carboxylic acids is 1. The summed E-state index contributed by atoms with van der Waals surface area (Å²) in [6.45, 7) is 1.72.